The molecule has 0 aliphatic carbocycles. The van der Waals surface area contributed by atoms with E-state index in [9.17, 15) is 13.2 Å². The van der Waals surface area contributed by atoms with Crippen LogP contribution in [-0.2, 0) is 0 Å². The summed E-state index contributed by atoms with van der Waals surface area (Å²) in [6.07, 6.45) is 0. The Bertz CT molecular complexity index is 574. The van der Waals surface area contributed by atoms with Crippen molar-refractivity contribution in [2.75, 3.05) is 11.1 Å². The third-order valence-electron chi connectivity index (χ3n) is 2.55. The zero-order chi connectivity index (χ0) is 13.3. The van der Waals surface area contributed by atoms with E-state index in [2.05, 4.69) is 5.32 Å². The predicted octanol–water partition coefficient (Wildman–Crippen LogP) is 3.74. The number of nitrogen functional groups attached to an aromatic ring is 1. The molecule has 0 aliphatic heterocycles. The first-order valence-electron chi connectivity index (χ1n) is 5.25. The van der Waals surface area contributed by atoms with E-state index >= 15 is 0 Å². The molecule has 0 spiro atoms. The fraction of sp³-hybridized carbons (Fsp3) is 0.0769. The molecule has 0 atom stereocenters. The van der Waals surface area contributed by atoms with Gasteiger partial charge >= 0.3 is 0 Å². The van der Waals surface area contributed by atoms with E-state index in [-0.39, 0.29) is 5.69 Å². The van der Waals surface area contributed by atoms with Crippen LogP contribution in [0.1, 0.15) is 5.56 Å². The molecule has 5 heteroatoms. The van der Waals surface area contributed by atoms with E-state index in [4.69, 9.17) is 5.73 Å². The molecule has 0 aliphatic rings. The molecule has 0 heterocycles. The van der Waals surface area contributed by atoms with E-state index in [1.54, 1.807) is 18.2 Å². The van der Waals surface area contributed by atoms with Crippen LogP contribution in [0.5, 0.6) is 0 Å². The first-order chi connectivity index (χ1) is 8.47. The first kappa shape index (κ1) is 12.3. The van der Waals surface area contributed by atoms with Crippen LogP contribution in [0, 0.1) is 24.4 Å². The van der Waals surface area contributed by atoms with Gasteiger partial charge in [-0.05, 0) is 24.6 Å². The molecule has 0 bridgehead atoms. The maximum Gasteiger partial charge on any atom is 0.194 e. The van der Waals surface area contributed by atoms with Gasteiger partial charge in [-0.25, -0.2) is 13.2 Å². The van der Waals surface area contributed by atoms with Crippen LogP contribution in [0.3, 0.4) is 0 Å². The van der Waals surface area contributed by atoms with Gasteiger partial charge in [0.1, 0.15) is 0 Å². The summed E-state index contributed by atoms with van der Waals surface area (Å²) >= 11 is 0. The molecule has 0 unspecified atom stereocenters. The van der Waals surface area contributed by atoms with Gasteiger partial charge in [0.15, 0.2) is 17.5 Å². The maximum absolute atomic E-state index is 13.0. The summed E-state index contributed by atoms with van der Waals surface area (Å²) in [6.45, 7) is 1.84. The lowest BCUT2D eigenvalue weighted by Gasteiger charge is -2.09. The largest absolute Gasteiger partial charge is 0.398 e. The highest BCUT2D eigenvalue weighted by Gasteiger charge is 2.10. The number of nitrogens with two attached hydrogens (primary N) is 1. The van der Waals surface area contributed by atoms with Crippen molar-refractivity contribution < 1.29 is 13.2 Å². The number of benzene rings is 2. The Morgan fingerprint density at radius 2 is 1.56 bits per heavy atom. The molecule has 94 valence electrons. The lowest BCUT2D eigenvalue weighted by molar-refractivity contribution is 0.448. The zero-order valence-electron chi connectivity index (χ0n) is 9.60. The van der Waals surface area contributed by atoms with Crippen LogP contribution in [0.2, 0.25) is 0 Å². The second-order valence-corrected chi connectivity index (χ2v) is 3.95. The molecule has 0 fully saturated rings. The topological polar surface area (TPSA) is 38.0 Å². The van der Waals surface area contributed by atoms with Crippen molar-refractivity contribution in [3.63, 3.8) is 0 Å². The highest BCUT2D eigenvalue weighted by atomic mass is 19.2. The second kappa shape index (κ2) is 4.60. The van der Waals surface area contributed by atoms with Gasteiger partial charge in [0, 0.05) is 29.2 Å². The number of halogens is 3. The highest BCUT2D eigenvalue weighted by molar-refractivity contribution is 5.65. The van der Waals surface area contributed by atoms with E-state index < -0.39 is 17.5 Å². The molecule has 2 aromatic carbocycles. The summed E-state index contributed by atoms with van der Waals surface area (Å²) in [4.78, 5) is 0. The Hall–Kier alpha value is -2.17. The minimum absolute atomic E-state index is 0.120. The molecular formula is C13H11F3N2. The lowest BCUT2D eigenvalue weighted by Crippen LogP contribution is -1.97. The van der Waals surface area contributed by atoms with Gasteiger partial charge in [-0.1, -0.05) is 6.07 Å². The van der Waals surface area contributed by atoms with Crippen molar-refractivity contribution in [1.29, 1.82) is 0 Å². The number of aryl methyl sites for hydroxylation is 1. The molecular weight excluding hydrogens is 241 g/mol. The quantitative estimate of drug-likeness (QED) is 0.631. The van der Waals surface area contributed by atoms with Crippen molar-refractivity contribution in [2.24, 2.45) is 0 Å². The molecule has 0 radical (unpaired) electrons. The minimum atomic E-state index is -1.48. The van der Waals surface area contributed by atoms with Gasteiger partial charge in [0.2, 0.25) is 0 Å². The van der Waals surface area contributed by atoms with Crippen molar-refractivity contribution in [3.8, 4) is 0 Å². The summed E-state index contributed by atoms with van der Waals surface area (Å²) in [7, 11) is 0. The summed E-state index contributed by atoms with van der Waals surface area (Å²) in [5.41, 5.74) is 7.86. The lowest BCUT2D eigenvalue weighted by atomic mass is 10.2. The molecule has 3 N–H and O–H groups in total. The third kappa shape index (κ3) is 2.40. The van der Waals surface area contributed by atoms with E-state index in [0.717, 1.165) is 17.7 Å². The maximum atomic E-state index is 13.0. The van der Waals surface area contributed by atoms with Crippen LogP contribution in [0.4, 0.5) is 30.2 Å². The van der Waals surface area contributed by atoms with Crippen molar-refractivity contribution in [2.45, 2.75) is 6.92 Å². The Balaban J connectivity index is 2.31. The standard InChI is InChI=1S/C13H11F3N2/c1-7-2-3-8(6-12(7)17)18-9-4-10(14)13(16)11(15)5-9/h2-6,18H,17H2,1H3. The highest BCUT2D eigenvalue weighted by Crippen LogP contribution is 2.23. The SMILES string of the molecule is Cc1ccc(Nc2cc(F)c(F)c(F)c2)cc1N. The van der Waals surface area contributed by atoms with Gasteiger partial charge < -0.3 is 11.1 Å². The molecule has 18 heavy (non-hydrogen) atoms. The van der Waals surface area contributed by atoms with Crippen LogP contribution in [0.25, 0.3) is 0 Å². The van der Waals surface area contributed by atoms with Gasteiger partial charge in [0.25, 0.3) is 0 Å². The minimum Gasteiger partial charge on any atom is -0.398 e. The summed E-state index contributed by atoms with van der Waals surface area (Å²) in [5, 5.41) is 2.75. The summed E-state index contributed by atoms with van der Waals surface area (Å²) in [6, 6.07) is 6.89. The predicted molar refractivity (Wildman–Crippen MR) is 65.2 cm³/mol. The Morgan fingerprint density at radius 3 is 2.11 bits per heavy atom. The monoisotopic (exact) mass is 252 g/mol. The van der Waals surface area contributed by atoms with Crippen LogP contribution < -0.4 is 11.1 Å². The zero-order valence-corrected chi connectivity index (χ0v) is 9.60. The Morgan fingerprint density at radius 1 is 0.944 bits per heavy atom. The Kier molecular flexibility index (Phi) is 3.14. The van der Waals surface area contributed by atoms with Gasteiger partial charge in [-0.2, -0.15) is 0 Å². The second-order valence-electron chi connectivity index (χ2n) is 3.95. The van der Waals surface area contributed by atoms with Crippen LogP contribution >= 0.6 is 0 Å². The molecule has 0 amide bonds. The average molecular weight is 252 g/mol. The number of nitrogens with one attached hydrogen (secondary N) is 1. The number of anilines is 3. The fourth-order valence-electron chi connectivity index (χ4n) is 1.51. The number of rotatable bonds is 2. The molecule has 2 aromatic rings. The molecule has 0 saturated heterocycles. The van der Waals surface area contributed by atoms with E-state index in [1.807, 2.05) is 6.92 Å². The van der Waals surface area contributed by atoms with Crippen molar-refractivity contribution in [3.05, 3.63) is 53.3 Å². The van der Waals surface area contributed by atoms with Crippen molar-refractivity contribution in [1.82, 2.24) is 0 Å². The normalized spacial score (nSPS) is 10.4. The summed E-state index contributed by atoms with van der Waals surface area (Å²) in [5.74, 6) is -3.96. The van der Waals surface area contributed by atoms with Crippen molar-refractivity contribution >= 4 is 17.1 Å². The first-order valence-corrected chi connectivity index (χ1v) is 5.25. The van der Waals surface area contributed by atoms with E-state index in [0.29, 0.717) is 11.4 Å². The molecule has 2 rings (SSSR count). The smallest absolute Gasteiger partial charge is 0.194 e. The van der Waals surface area contributed by atoms with Crippen LogP contribution in [-0.4, -0.2) is 0 Å². The van der Waals surface area contributed by atoms with Gasteiger partial charge in [-0.3, -0.25) is 0 Å². The fourth-order valence-corrected chi connectivity index (χ4v) is 1.51. The average Bonchev–Trinajstić information content (AvgIpc) is 2.31. The third-order valence-corrected chi connectivity index (χ3v) is 2.55. The van der Waals surface area contributed by atoms with E-state index in [1.165, 1.54) is 0 Å². The Labute approximate surface area is 102 Å². The summed E-state index contributed by atoms with van der Waals surface area (Å²) < 4.78 is 38.8. The number of hydrogen-bond acceptors (Lipinski definition) is 2. The molecule has 0 aromatic heterocycles. The number of hydrogen-bond donors (Lipinski definition) is 2. The molecule has 2 nitrogen and oxygen atoms in total. The molecule has 0 saturated carbocycles. The van der Waals surface area contributed by atoms with Crippen LogP contribution in [0.15, 0.2) is 30.3 Å². The van der Waals surface area contributed by atoms with Gasteiger partial charge in [0.05, 0.1) is 0 Å². The van der Waals surface area contributed by atoms with Gasteiger partial charge in [-0.15, -0.1) is 0 Å².